The molecule has 5 nitrogen and oxygen atoms in total. The summed E-state index contributed by atoms with van der Waals surface area (Å²) in [5.41, 5.74) is 12.7. The Labute approximate surface area is 362 Å². The minimum Gasteiger partial charge on any atom is -0.397 e. The minimum absolute atomic E-state index is 0.0251. The lowest BCUT2D eigenvalue weighted by Gasteiger charge is -2.49. The first-order chi connectivity index (χ1) is 28.4. The number of halogens is 3. The zero-order valence-corrected chi connectivity index (χ0v) is 39.5. The van der Waals surface area contributed by atoms with E-state index in [0.29, 0.717) is 44.7 Å². The molecule has 325 valence electrons. The molecule has 0 spiro atoms. The van der Waals surface area contributed by atoms with Crippen LogP contribution in [0.15, 0.2) is 109 Å². The van der Waals surface area contributed by atoms with E-state index >= 15 is 0 Å². The van der Waals surface area contributed by atoms with Gasteiger partial charge in [0, 0.05) is 48.4 Å². The Bertz CT molecular complexity index is 1900. The fraction of sp³-hybridized carbons (Fsp3) is 0.449. The van der Waals surface area contributed by atoms with Crippen LogP contribution in [-0.2, 0) is 9.59 Å². The Morgan fingerprint density at radius 3 is 1.27 bits per heavy atom. The van der Waals surface area contributed by atoms with Crippen LogP contribution in [0.3, 0.4) is 0 Å². The van der Waals surface area contributed by atoms with Gasteiger partial charge in [0.25, 0.3) is 6.21 Å². The molecule has 6 rings (SSSR count). The molecule has 0 aliphatic carbocycles. The fourth-order valence-electron chi connectivity index (χ4n) is 8.40. The number of rotatable bonds is 5. The van der Waals surface area contributed by atoms with Crippen molar-refractivity contribution in [3.05, 3.63) is 115 Å². The lowest BCUT2D eigenvalue weighted by Crippen LogP contribution is -2.43. The minimum atomic E-state index is -0.472. The molecule has 0 bridgehead atoms. The molecule has 4 aromatic rings. The summed E-state index contributed by atoms with van der Waals surface area (Å²) in [7, 11) is -0.292. The fourth-order valence-corrected chi connectivity index (χ4v) is 17.0. The molecule has 1 radical (unpaired) electrons. The molecular weight excluding hydrogens is 794 g/mol. The smallest absolute Gasteiger partial charge is 0.354 e. The van der Waals surface area contributed by atoms with Crippen molar-refractivity contribution in [2.24, 2.45) is 0 Å². The van der Waals surface area contributed by atoms with Crippen molar-refractivity contribution in [1.29, 1.82) is 0 Å². The van der Waals surface area contributed by atoms with Crippen LogP contribution in [0.4, 0.5) is 13.5 Å². The predicted octanol–water partition coefficient (Wildman–Crippen LogP) is 13.3. The Hall–Kier alpha value is -3.73. The van der Waals surface area contributed by atoms with Crippen molar-refractivity contribution in [3.63, 3.8) is 0 Å². The van der Waals surface area contributed by atoms with Gasteiger partial charge in [-0.3, -0.25) is 9.59 Å². The van der Waals surface area contributed by atoms with Gasteiger partial charge < -0.3 is 15.0 Å². The van der Waals surface area contributed by atoms with Crippen LogP contribution < -0.4 is 10.6 Å². The van der Waals surface area contributed by atoms with E-state index in [-0.39, 0.29) is 27.2 Å². The van der Waals surface area contributed by atoms with E-state index < -0.39 is 15.8 Å². The van der Waals surface area contributed by atoms with E-state index in [0.717, 1.165) is 12.8 Å². The van der Waals surface area contributed by atoms with Gasteiger partial charge in [0.2, 0.25) is 0 Å². The van der Waals surface area contributed by atoms with E-state index in [1.54, 1.807) is 20.8 Å². The van der Waals surface area contributed by atoms with Crippen LogP contribution in [0, 0.1) is 0 Å². The average Bonchev–Trinajstić information content (AvgIpc) is 3.29. The molecule has 1 unspecified atom stereocenters. The Morgan fingerprint density at radius 2 is 0.933 bits per heavy atom. The van der Waals surface area contributed by atoms with Crippen LogP contribution in [0.2, 0.25) is 6.32 Å². The van der Waals surface area contributed by atoms with Gasteiger partial charge >= 0.3 is 7.56 Å². The third kappa shape index (κ3) is 16.3. The van der Waals surface area contributed by atoms with Crippen molar-refractivity contribution in [2.75, 3.05) is 6.61 Å². The van der Waals surface area contributed by atoms with Gasteiger partial charge in [0.05, 0.1) is 0 Å². The molecule has 2 saturated heterocycles. The number of Topliss-reactive ketones (excluding diaryl/α,β-unsaturated/α-hetero) is 2. The SMILES string of the molecule is CC1(C)CC(=O)CC(C)(C)P1c1ccccc1-c1ccccc1.CC1(C)CCC(=O)CC(C)(C)P1c1ccccc1-c1ccccc1.CC=[N+]=[N-].CCO.CC[B]F.FF. The van der Waals surface area contributed by atoms with Crippen molar-refractivity contribution in [1.82, 2.24) is 0 Å². The molecule has 0 saturated carbocycles. The summed E-state index contributed by atoms with van der Waals surface area (Å²) in [6.07, 6.45) is 5.65. The number of benzene rings is 4. The van der Waals surface area contributed by atoms with Crippen LogP contribution in [0.25, 0.3) is 27.8 Å². The molecule has 2 aliphatic rings. The summed E-state index contributed by atoms with van der Waals surface area (Å²) in [4.78, 5) is 27.2. The number of aliphatic hydroxyl groups excluding tert-OH is 1. The van der Waals surface area contributed by atoms with Gasteiger partial charge in [-0.1, -0.05) is 187 Å². The molecule has 4 aromatic carbocycles. The molecule has 1 atom stereocenters. The van der Waals surface area contributed by atoms with Crippen molar-refractivity contribution in [2.45, 2.75) is 135 Å². The average molecular weight is 862 g/mol. The maximum absolute atomic E-state index is 12.3. The first kappa shape index (κ1) is 54.3. The quantitative estimate of drug-likeness (QED) is 0.0712. The van der Waals surface area contributed by atoms with Gasteiger partial charge in [0.15, 0.2) is 0 Å². The second-order valence-corrected chi connectivity index (χ2v) is 24.2. The van der Waals surface area contributed by atoms with E-state index in [1.165, 1.54) is 39.1 Å². The number of hydrogen-bond donors (Lipinski definition) is 1. The lowest BCUT2D eigenvalue weighted by molar-refractivity contribution is -0.120. The number of carbonyl (C=O) groups excluding carboxylic acids is 2. The molecule has 11 heteroatoms. The summed E-state index contributed by atoms with van der Waals surface area (Å²) in [6.45, 7) is 23.7. The highest BCUT2D eigenvalue weighted by Crippen LogP contribution is 2.65. The number of ketones is 2. The molecule has 1 N–H and O–H groups in total. The highest BCUT2D eigenvalue weighted by Gasteiger charge is 2.48. The third-order valence-electron chi connectivity index (χ3n) is 10.1. The number of aliphatic hydroxyl groups is 1. The maximum Gasteiger partial charge on any atom is 0.354 e. The summed E-state index contributed by atoms with van der Waals surface area (Å²) >= 11 is 0. The molecule has 0 aromatic heterocycles. The predicted molar refractivity (Wildman–Crippen MR) is 254 cm³/mol. The summed E-state index contributed by atoms with van der Waals surface area (Å²) in [6, 6.07) is 38.9. The monoisotopic (exact) mass is 861 g/mol. The highest BCUT2D eigenvalue weighted by molar-refractivity contribution is 7.69. The van der Waals surface area contributed by atoms with Crippen molar-refractivity contribution < 1.29 is 32.9 Å². The molecule has 2 aliphatic heterocycles. The third-order valence-corrected chi connectivity index (χ3v) is 17.3. The molecule has 2 heterocycles. The second kappa shape index (κ2) is 26.6. The largest absolute Gasteiger partial charge is 0.397 e. The van der Waals surface area contributed by atoms with Gasteiger partial charge in [-0.15, -0.1) is 0 Å². The topological polar surface area (TPSA) is 90.8 Å². The lowest BCUT2D eigenvalue weighted by atomic mass is 9.96. The number of carbonyl (C=O) groups is 2. The van der Waals surface area contributed by atoms with Crippen LogP contribution in [0.1, 0.15) is 108 Å². The normalized spacial score (nSPS) is 18.1. The van der Waals surface area contributed by atoms with E-state index in [1.807, 2.05) is 0 Å². The second-order valence-electron chi connectivity index (χ2n) is 17.0. The van der Waals surface area contributed by atoms with Gasteiger partial charge in [-0.25, -0.2) is 0 Å². The summed E-state index contributed by atoms with van der Waals surface area (Å²) in [5, 5.41) is 10.7. The number of hydrogen-bond acceptors (Lipinski definition) is 3. The van der Waals surface area contributed by atoms with Crippen molar-refractivity contribution in [3.8, 4) is 22.3 Å². The van der Waals surface area contributed by atoms with Crippen molar-refractivity contribution >= 4 is 51.8 Å². The van der Waals surface area contributed by atoms with E-state index in [9.17, 15) is 13.9 Å². The molecular formula is C49H67BF3N2O3P2. The molecule has 60 heavy (non-hydrogen) atoms. The first-order valence-electron chi connectivity index (χ1n) is 20.6. The maximum atomic E-state index is 12.3. The zero-order chi connectivity index (χ0) is 45.6. The first-order valence-corrected chi connectivity index (χ1v) is 23.3. The molecule has 2 fully saturated rings. The highest BCUT2D eigenvalue weighted by atomic mass is 31.1. The zero-order valence-electron chi connectivity index (χ0n) is 37.7. The Kier molecular flexibility index (Phi) is 24.0. The van der Waals surface area contributed by atoms with Crippen LogP contribution >= 0.6 is 15.8 Å². The van der Waals surface area contributed by atoms with Gasteiger partial charge in [-0.2, -0.15) is 4.79 Å². The van der Waals surface area contributed by atoms with Gasteiger partial charge in [0.1, 0.15) is 11.6 Å². The summed E-state index contributed by atoms with van der Waals surface area (Å²) < 4.78 is 26.6. The Balaban J connectivity index is 0.000000467. The van der Waals surface area contributed by atoms with Crippen LogP contribution in [-0.4, -0.2) is 62.5 Å². The van der Waals surface area contributed by atoms with Crippen LogP contribution in [0.5, 0.6) is 0 Å². The summed E-state index contributed by atoms with van der Waals surface area (Å²) in [5.74, 6) is 0.839. The van der Waals surface area contributed by atoms with Gasteiger partial charge in [-0.05, 0) is 73.2 Å². The molecule has 0 amide bonds. The standard InChI is InChI=1S/C22H27OP.C21H25OP.C2H5BF.C2H4N2.C2H6O.F2/c1-21(2)15-14-18(23)16-22(3,4)24(21)20-13-9-8-12-19(20)17-10-6-5-7-11-17;1-20(2)14-17(22)15-21(3,4)23(20)19-13-9-8-12-18(19)16-10-6-5-7-11-16;1-2-3-4;1-2-4-3;1-2-3;1-2/h5-13H,14-16H2,1-4H3;5-13H,14-15H2,1-4H3;2H2,1H3;2H,1H3;3H,2H2,1H3;. The van der Waals surface area contributed by atoms with E-state index in [2.05, 4.69) is 169 Å². The van der Waals surface area contributed by atoms with E-state index in [4.69, 9.17) is 19.8 Å². The Morgan fingerprint density at radius 1 is 0.633 bits per heavy atom. The number of nitrogens with zero attached hydrogens (tertiary/aromatic N) is 2.